The van der Waals surface area contributed by atoms with E-state index in [1.54, 1.807) is 18.3 Å². The Morgan fingerprint density at radius 2 is 1.93 bits per heavy atom. The fourth-order valence-corrected chi connectivity index (χ4v) is 4.37. The number of nitrogen functional groups attached to an aromatic ring is 1. The van der Waals surface area contributed by atoms with Crippen LogP contribution in [-0.2, 0) is 0 Å². The number of aromatic nitrogens is 3. The molecule has 2 aromatic heterocycles. The van der Waals surface area contributed by atoms with Crippen LogP contribution in [0.2, 0.25) is 0 Å². The molecule has 4 aromatic rings. The molecule has 0 radical (unpaired) electrons. The number of imidazole rings is 1. The van der Waals surface area contributed by atoms with Gasteiger partial charge in [0.2, 0.25) is 0 Å². The van der Waals surface area contributed by atoms with E-state index in [0.29, 0.717) is 29.2 Å². The summed E-state index contributed by atoms with van der Waals surface area (Å²) in [5.74, 6) is 3.43. The minimum atomic E-state index is -0.328. The minimum Gasteiger partial charge on any atom is -0.457 e. The van der Waals surface area contributed by atoms with E-state index in [9.17, 15) is 4.39 Å². The molecule has 1 fully saturated rings. The second kappa shape index (κ2) is 7.44. The fourth-order valence-electron chi connectivity index (χ4n) is 4.37. The maximum Gasteiger partial charge on any atom is 0.150 e. The number of ether oxygens (including phenoxy) is 1. The third-order valence-corrected chi connectivity index (χ3v) is 5.83. The van der Waals surface area contributed by atoms with Gasteiger partial charge in [0, 0.05) is 29.9 Å². The molecule has 30 heavy (non-hydrogen) atoms. The van der Waals surface area contributed by atoms with Crippen molar-refractivity contribution in [2.45, 2.75) is 32.1 Å². The second-order valence-corrected chi connectivity index (χ2v) is 8.05. The van der Waals surface area contributed by atoms with Crippen molar-refractivity contribution >= 4 is 11.3 Å². The van der Waals surface area contributed by atoms with Crippen molar-refractivity contribution in [3.05, 3.63) is 72.6 Å². The molecule has 5 rings (SSSR count). The van der Waals surface area contributed by atoms with Gasteiger partial charge in [-0.1, -0.05) is 13.0 Å². The molecule has 2 atom stereocenters. The Morgan fingerprint density at radius 3 is 2.67 bits per heavy atom. The summed E-state index contributed by atoms with van der Waals surface area (Å²) in [6, 6.07) is 13.7. The lowest BCUT2D eigenvalue weighted by Gasteiger charge is -2.08. The van der Waals surface area contributed by atoms with Crippen LogP contribution >= 0.6 is 0 Å². The van der Waals surface area contributed by atoms with E-state index in [0.717, 1.165) is 35.4 Å². The first-order valence-electron chi connectivity index (χ1n) is 10.2. The van der Waals surface area contributed by atoms with Gasteiger partial charge in [-0.05, 0) is 61.6 Å². The first-order valence-corrected chi connectivity index (χ1v) is 10.2. The van der Waals surface area contributed by atoms with Crippen molar-refractivity contribution in [3.8, 4) is 22.8 Å². The van der Waals surface area contributed by atoms with Crippen LogP contribution in [0.5, 0.6) is 11.5 Å². The molecule has 2 heterocycles. The lowest BCUT2D eigenvalue weighted by Crippen LogP contribution is -2.02. The highest BCUT2D eigenvalue weighted by Crippen LogP contribution is 2.40. The summed E-state index contributed by atoms with van der Waals surface area (Å²) in [5.41, 5.74) is 8.85. The molecule has 0 saturated heterocycles. The number of anilines is 1. The number of benzene rings is 2. The summed E-state index contributed by atoms with van der Waals surface area (Å²) in [6.07, 6.45) is 7.18. The largest absolute Gasteiger partial charge is 0.457 e. The SMILES string of the molecule is CC1CCC(c2nc(-c3ccc(Oc4cccc(F)c4)cc3)c3c(N)nccn23)C1. The predicted octanol–water partition coefficient (Wildman–Crippen LogP) is 5.81. The molecular weight excluding hydrogens is 379 g/mol. The number of nitrogens with two attached hydrogens (primary N) is 1. The van der Waals surface area contributed by atoms with Gasteiger partial charge in [-0.15, -0.1) is 0 Å². The van der Waals surface area contributed by atoms with Crippen LogP contribution in [0.15, 0.2) is 60.9 Å². The standard InChI is InChI=1S/C24H23FN4O/c1-15-5-6-17(13-15)24-28-21(22-23(26)27-11-12-29(22)24)16-7-9-19(10-8-16)30-20-4-2-3-18(25)14-20/h2-4,7-12,14-15,17H,5-6,13H2,1H3,(H2,26,27). The lowest BCUT2D eigenvalue weighted by atomic mass is 10.1. The summed E-state index contributed by atoms with van der Waals surface area (Å²) in [5, 5.41) is 0. The van der Waals surface area contributed by atoms with E-state index >= 15 is 0 Å². The van der Waals surface area contributed by atoms with E-state index in [1.165, 1.54) is 18.6 Å². The van der Waals surface area contributed by atoms with Crippen molar-refractivity contribution in [2.75, 3.05) is 5.73 Å². The summed E-state index contributed by atoms with van der Waals surface area (Å²) in [7, 11) is 0. The Kier molecular flexibility index (Phi) is 4.62. The smallest absolute Gasteiger partial charge is 0.150 e. The average molecular weight is 402 g/mol. The third kappa shape index (κ3) is 3.38. The van der Waals surface area contributed by atoms with Crippen LogP contribution in [0.1, 0.15) is 37.9 Å². The molecule has 0 bridgehead atoms. The molecule has 0 aliphatic heterocycles. The topological polar surface area (TPSA) is 65.4 Å². The number of fused-ring (bicyclic) bond motifs is 1. The molecule has 0 amide bonds. The van der Waals surface area contributed by atoms with E-state index in [4.69, 9.17) is 15.5 Å². The highest BCUT2D eigenvalue weighted by molar-refractivity contribution is 5.85. The van der Waals surface area contributed by atoms with Gasteiger partial charge in [0.05, 0.1) is 0 Å². The summed E-state index contributed by atoms with van der Waals surface area (Å²) < 4.78 is 21.2. The predicted molar refractivity (Wildman–Crippen MR) is 115 cm³/mol. The Morgan fingerprint density at radius 1 is 1.10 bits per heavy atom. The third-order valence-electron chi connectivity index (χ3n) is 5.83. The zero-order valence-electron chi connectivity index (χ0n) is 16.8. The lowest BCUT2D eigenvalue weighted by molar-refractivity contribution is 0.477. The monoisotopic (exact) mass is 402 g/mol. The molecule has 1 saturated carbocycles. The van der Waals surface area contributed by atoms with Crippen molar-refractivity contribution in [2.24, 2.45) is 5.92 Å². The van der Waals surface area contributed by atoms with Gasteiger partial charge in [0.25, 0.3) is 0 Å². The van der Waals surface area contributed by atoms with Crippen molar-refractivity contribution < 1.29 is 9.13 Å². The first-order chi connectivity index (χ1) is 14.6. The molecule has 2 aromatic carbocycles. The van der Waals surface area contributed by atoms with E-state index < -0.39 is 0 Å². The van der Waals surface area contributed by atoms with E-state index in [-0.39, 0.29) is 5.82 Å². The van der Waals surface area contributed by atoms with Gasteiger partial charge in [-0.3, -0.25) is 4.40 Å². The van der Waals surface area contributed by atoms with Gasteiger partial charge in [-0.25, -0.2) is 14.4 Å². The minimum absolute atomic E-state index is 0.328. The first kappa shape index (κ1) is 18.6. The fraction of sp³-hybridized carbons (Fsp3) is 0.250. The second-order valence-electron chi connectivity index (χ2n) is 8.05. The highest BCUT2D eigenvalue weighted by atomic mass is 19.1. The molecule has 1 aliphatic rings. The number of hydrogen-bond donors (Lipinski definition) is 1. The molecule has 6 heteroatoms. The van der Waals surface area contributed by atoms with Crippen molar-refractivity contribution in [1.82, 2.24) is 14.4 Å². The van der Waals surface area contributed by atoms with E-state index in [1.807, 2.05) is 30.5 Å². The van der Waals surface area contributed by atoms with Crippen LogP contribution in [0.4, 0.5) is 10.2 Å². The summed E-state index contributed by atoms with van der Waals surface area (Å²) in [4.78, 5) is 9.30. The highest BCUT2D eigenvalue weighted by Gasteiger charge is 2.28. The number of nitrogens with zero attached hydrogens (tertiary/aromatic N) is 3. The maximum atomic E-state index is 13.4. The van der Waals surface area contributed by atoms with Crippen molar-refractivity contribution in [3.63, 3.8) is 0 Å². The number of rotatable bonds is 4. The quantitative estimate of drug-likeness (QED) is 0.468. The zero-order chi connectivity index (χ0) is 20.7. The Labute approximate surface area is 174 Å². The summed E-state index contributed by atoms with van der Waals surface area (Å²) >= 11 is 0. The van der Waals surface area contributed by atoms with Gasteiger partial charge < -0.3 is 10.5 Å². The molecule has 1 aliphatic carbocycles. The Balaban J connectivity index is 1.51. The molecule has 0 spiro atoms. The van der Waals surface area contributed by atoms with Crippen molar-refractivity contribution in [1.29, 1.82) is 0 Å². The van der Waals surface area contributed by atoms with Gasteiger partial charge in [-0.2, -0.15) is 0 Å². The summed E-state index contributed by atoms with van der Waals surface area (Å²) in [6.45, 7) is 2.30. The van der Waals surface area contributed by atoms with Crippen LogP contribution < -0.4 is 10.5 Å². The average Bonchev–Trinajstić information content (AvgIpc) is 3.33. The zero-order valence-corrected chi connectivity index (χ0v) is 16.8. The molecule has 5 nitrogen and oxygen atoms in total. The maximum absolute atomic E-state index is 13.4. The number of hydrogen-bond acceptors (Lipinski definition) is 4. The Hall–Kier alpha value is -3.41. The van der Waals surface area contributed by atoms with Crippen LogP contribution in [0.25, 0.3) is 16.8 Å². The molecule has 2 unspecified atom stereocenters. The van der Waals surface area contributed by atoms with Crippen LogP contribution in [0, 0.1) is 11.7 Å². The number of halogens is 1. The van der Waals surface area contributed by atoms with Crippen LogP contribution in [-0.4, -0.2) is 14.4 Å². The molecule has 152 valence electrons. The van der Waals surface area contributed by atoms with Crippen LogP contribution in [0.3, 0.4) is 0 Å². The van der Waals surface area contributed by atoms with Gasteiger partial charge >= 0.3 is 0 Å². The Bertz CT molecular complexity index is 1200. The van der Waals surface area contributed by atoms with Gasteiger partial charge in [0.1, 0.15) is 40.2 Å². The normalized spacial score (nSPS) is 18.7. The molecular formula is C24H23FN4O. The van der Waals surface area contributed by atoms with E-state index in [2.05, 4.69) is 16.3 Å². The van der Waals surface area contributed by atoms with Gasteiger partial charge in [0.15, 0.2) is 0 Å². The molecule has 2 N–H and O–H groups in total.